The summed E-state index contributed by atoms with van der Waals surface area (Å²) in [7, 11) is 0. The van der Waals surface area contributed by atoms with E-state index in [0.717, 1.165) is 15.7 Å². The molecule has 2 aromatic carbocycles. The van der Waals surface area contributed by atoms with Gasteiger partial charge in [-0.25, -0.2) is 4.99 Å². The molecule has 1 aliphatic heterocycles. The van der Waals surface area contributed by atoms with E-state index in [1.807, 2.05) is 60.7 Å². The van der Waals surface area contributed by atoms with Crippen molar-refractivity contribution in [3.63, 3.8) is 0 Å². The molecule has 0 radical (unpaired) electrons. The van der Waals surface area contributed by atoms with Gasteiger partial charge in [0.15, 0.2) is 5.17 Å². The van der Waals surface area contributed by atoms with Crippen LogP contribution in [0, 0.1) is 0 Å². The van der Waals surface area contributed by atoms with Gasteiger partial charge in [-0.05, 0) is 64.1 Å². The van der Waals surface area contributed by atoms with Crippen molar-refractivity contribution >= 4 is 62.1 Å². The summed E-state index contributed by atoms with van der Waals surface area (Å²) in [6.07, 6.45) is 1.70. The van der Waals surface area contributed by atoms with Crippen molar-refractivity contribution in [2.24, 2.45) is 4.99 Å². The van der Waals surface area contributed by atoms with E-state index < -0.39 is 0 Å². The molecule has 1 aromatic heterocycles. The molecule has 134 valence electrons. The molecule has 0 atom stereocenters. The number of hydrogen-bond acceptors (Lipinski definition) is 4. The van der Waals surface area contributed by atoms with E-state index in [-0.39, 0.29) is 5.91 Å². The summed E-state index contributed by atoms with van der Waals surface area (Å²) < 4.78 is 6.69. The van der Waals surface area contributed by atoms with Crippen LogP contribution in [0.15, 0.2) is 79.5 Å². The number of benzene rings is 2. The number of carbonyl (C=O) groups excluding carboxylic acids is 1. The van der Waals surface area contributed by atoms with Gasteiger partial charge in [-0.2, -0.15) is 0 Å². The number of aliphatic imine (C=N–C) groups is 1. The van der Waals surface area contributed by atoms with Crippen molar-refractivity contribution in [3.8, 4) is 11.3 Å². The average molecular weight is 460 g/mol. The van der Waals surface area contributed by atoms with Crippen molar-refractivity contribution < 1.29 is 9.21 Å². The molecule has 0 unspecified atom stereocenters. The molecular formula is C20H12BrClN2O2S. The number of hydrogen-bond donors (Lipinski definition) is 1. The predicted octanol–water partition coefficient (Wildman–Crippen LogP) is 6.25. The first-order valence-corrected chi connectivity index (χ1v) is 9.97. The van der Waals surface area contributed by atoms with E-state index in [9.17, 15) is 4.79 Å². The molecular weight excluding hydrogens is 448 g/mol. The molecule has 0 bridgehead atoms. The molecule has 2 heterocycles. The Morgan fingerprint density at radius 1 is 1.11 bits per heavy atom. The Labute approximate surface area is 173 Å². The highest BCUT2D eigenvalue weighted by atomic mass is 79.9. The number of rotatable bonds is 3. The highest BCUT2D eigenvalue weighted by molar-refractivity contribution is 9.10. The van der Waals surface area contributed by atoms with Gasteiger partial charge in [0.2, 0.25) is 0 Å². The monoisotopic (exact) mass is 458 g/mol. The first-order chi connectivity index (χ1) is 13.1. The zero-order chi connectivity index (χ0) is 18.8. The lowest BCUT2D eigenvalue weighted by Crippen LogP contribution is -2.19. The summed E-state index contributed by atoms with van der Waals surface area (Å²) in [6.45, 7) is 0. The van der Waals surface area contributed by atoms with Crippen molar-refractivity contribution in [2.75, 3.05) is 0 Å². The third kappa shape index (κ3) is 4.18. The van der Waals surface area contributed by atoms with Crippen molar-refractivity contribution in [1.29, 1.82) is 0 Å². The maximum atomic E-state index is 12.2. The number of amides is 1. The molecule has 1 N–H and O–H groups in total. The Hall–Kier alpha value is -2.28. The second kappa shape index (κ2) is 7.76. The third-order valence-corrected chi connectivity index (χ3v) is 5.55. The molecule has 27 heavy (non-hydrogen) atoms. The van der Waals surface area contributed by atoms with Crippen molar-refractivity contribution in [2.45, 2.75) is 0 Å². The number of nitrogens with one attached hydrogen (secondary N) is 1. The van der Waals surface area contributed by atoms with Crippen molar-refractivity contribution in [1.82, 2.24) is 5.32 Å². The zero-order valence-corrected chi connectivity index (χ0v) is 16.9. The maximum Gasteiger partial charge on any atom is 0.264 e. The average Bonchev–Trinajstić information content (AvgIpc) is 3.24. The Bertz CT molecular complexity index is 1090. The summed E-state index contributed by atoms with van der Waals surface area (Å²) in [5, 5.41) is 3.94. The van der Waals surface area contributed by atoms with Crippen LogP contribution in [0.3, 0.4) is 0 Å². The number of thioether (sulfide) groups is 1. The van der Waals surface area contributed by atoms with Gasteiger partial charge >= 0.3 is 0 Å². The summed E-state index contributed by atoms with van der Waals surface area (Å²) in [5.41, 5.74) is 1.63. The Morgan fingerprint density at radius 2 is 1.96 bits per heavy atom. The molecule has 1 saturated heterocycles. The largest absolute Gasteiger partial charge is 0.457 e. The summed E-state index contributed by atoms with van der Waals surface area (Å²) in [5.74, 6) is 1.08. The molecule has 4 rings (SSSR count). The van der Waals surface area contributed by atoms with E-state index >= 15 is 0 Å². The Balaban J connectivity index is 1.56. The number of para-hydroxylation sites is 1. The normalized spacial score (nSPS) is 16.9. The molecule has 1 fully saturated rings. The molecule has 0 spiro atoms. The number of nitrogens with zero attached hydrogens (tertiary/aromatic N) is 1. The van der Waals surface area contributed by atoms with Gasteiger partial charge in [-0.3, -0.25) is 4.79 Å². The minimum atomic E-state index is -0.202. The van der Waals surface area contributed by atoms with E-state index in [2.05, 4.69) is 26.2 Å². The smallest absolute Gasteiger partial charge is 0.264 e. The van der Waals surface area contributed by atoms with Crippen LogP contribution in [0.2, 0.25) is 5.02 Å². The fraction of sp³-hybridized carbons (Fsp3) is 0. The van der Waals surface area contributed by atoms with E-state index in [0.29, 0.717) is 26.6 Å². The maximum absolute atomic E-state index is 12.2. The van der Waals surface area contributed by atoms with Crippen LogP contribution >= 0.6 is 39.3 Å². The highest BCUT2D eigenvalue weighted by Gasteiger charge is 2.24. The van der Waals surface area contributed by atoms with Gasteiger partial charge in [0, 0.05) is 21.1 Å². The zero-order valence-electron chi connectivity index (χ0n) is 13.8. The fourth-order valence-electron chi connectivity index (χ4n) is 2.49. The lowest BCUT2D eigenvalue weighted by Gasteiger charge is -1.98. The van der Waals surface area contributed by atoms with Gasteiger partial charge in [-0.1, -0.05) is 35.9 Å². The number of amidine groups is 1. The van der Waals surface area contributed by atoms with Gasteiger partial charge < -0.3 is 9.73 Å². The third-order valence-electron chi connectivity index (χ3n) is 3.73. The second-order valence-electron chi connectivity index (χ2n) is 5.65. The summed E-state index contributed by atoms with van der Waals surface area (Å²) >= 11 is 10.7. The fourth-order valence-corrected chi connectivity index (χ4v) is 3.87. The predicted molar refractivity (Wildman–Crippen MR) is 114 cm³/mol. The lowest BCUT2D eigenvalue weighted by molar-refractivity contribution is -0.115. The molecule has 7 heteroatoms. The Morgan fingerprint density at radius 3 is 2.78 bits per heavy atom. The SMILES string of the molecule is O=C1NC(=Nc2ccccc2Br)S/C1=C/c1ccc(-c2cccc(Cl)c2)o1. The molecule has 3 aromatic rings. The van der Waals surface area contributed by atoms with E-state index in [4.69, 9.17) is 16.0 Å². The first-order valence-electron chi connectivity index (χ1n) is 7.98. The molecule has 1 amide bonds. The molecule has 0 saturated carbocycles. The minimum Gasteiger partial charge on any atom is -0.457 e. The molecule has 1 aliphatic rings. The van der Waals surface area contributed by atoms with Crippen LogP contribution in [-0.4, -0.2) is 11.1 Å². The second-order valence-corrected chi connectivity index (χ2v) is 7.97. The topological polar surface area (TPSA) is 54.6 Å². The number of furan rings is 1. The lowest BCUT2D eigenvalue weighted by atomic mass is 10.2. The van der Waals surface area contributed by atoms with Gasteiger partial charge in [0.05, 0.1) is 10.6 Å². The van der Waals surface area contributed by atoms with Crippen LogP contribution in [0.4, 0.5) is 5.69 Å². The van der Waals surface area contributed by atoms with Gasteiger partial charge in [-0.15, -0.1) is 0 Å². The first kappa shape index (κ1) is 18.1. The van der Waals surface area contributed by atoms with E-state index in [1.165, 1.54) is 11.8 Å². The van der Waals surface area contributed by atoms with Crippen LogP contribution < -0.4 is 5.32 Å². The van der Waals surface area contributed by atoms with Crippen LogP contribution in [-0.2, 0) is 4.79 Å². The van der Waals surface area contributed by atoms with Crippen LogP contribution in [0.5, 0.6) is 0 Å². The summed E-state index contributed by atoms with van der Waals surface area (Å²) in [4.78, 5) is 17.2. The minimum absolute atomic E-state index is 0.202. The van der Waals surface area contributed by atoms with Gasteiger partial charge in [0.1, 0.15) is 11.5 Å². The summed E-state index contributed by atoms with van der Waals surface area (Å²) in [6, 6.07) is 18.7. The molecule has 0 aliphatic carbocycles. The quantitative estimate of drug-likeness (QED) is 0.471. The number of halogens is 2. The van der Waals surface area contributed by atoms with Crippen LogP contribution in [0.1, 0.15) is 5.76 Å². The van der Waals surface area contributed by atoms with E-state index in [1.54, 1.807) is 6.08 Å². The standard InChI is InChI=1S/C20H12BrClN2O2S/c21-15-6-1-2-7-16(15)23-20-24-19(25)18(27-20)11-14-8-9-17(26-14)12-4-3-5-13(22)10-12/h1-11H,(H,23,24,25)/b18-11+. The number of carbonyl (C=O) groups is 1. The highest BCUT2D eigenvalue weighted by Crippen LogP contribution is 2.32. The Kier molecular flexibility index (Phi) is 5.20. The molecule has 4 nitrogen and oxygen atoms in total. The van der Waals surface area contributed by atoms with Crippen molar-refractivity contribution in [3.05, 3.63) is 80.8 Å². The van der Waals surface area contributed by atoms with Gasteiger partial charge in [0.25, 0.3) is 5.91 Å². The van der Waals surface area contributed by atoms with Crippen LogP contribution in [0.25, 0.3) is 17.4 Å².